The molecule has 7 heteroatoms. The number of fused-ring (bicyclic) bond motifs is 1. The Bertz CT molecular complexity index is 661. The monoisotopic (exact) mass is 384 g/mol. The molecule has 1 heterocycles. The molecule has 0 bridgehead atoms. The summed E-state index contributed by atoms with van der Waals surface area (Å²) >= 11 is 2.76. The fourth-order valence-corrected chi connectivity index (χ4v) is 2.95. The molecule has 124 valence electrons. The molecule has 1 fully saturated rings. The van der Waals surface area contributed by atoms with Crippen LogP contribution in [0.4, 0.5) is 0 Å². The van der Waals surface area contributed by atoms with Crippen molar-refractivity contribution in [3.63, 3.8) is 0 Å². The van der Waals surface area contributed by atoms with Gasteiger partial charge in [0.1, 0.15) is 24.1 Å². The molecule has 0 aromatic heterocycles. The van der Waals surface area contributed by atoms with Crippen molar-refractivity contribution in [3.05, 3.63) is 42.5 Å². The van der Waals surface area contributed by atoms with Gasteiger partial charge < -0.3 is 28.6 Å². The van der Waals surface area contributed by atoms with Gasteiger partial charge in [0.2, 0.25) is 0 Å². The molecule has 2 aromatic rings. The van der Waals surface area contributed by atoms with Crippen LogP contribution in [-0.2, 0) is 8.57 Å². The van der Waals surface area contributed by atoms with Crippen molar-refractivity contribution < 1.29 is 28.6 Å². The third kappa shape index (κ3) is 3.35. The van der Waals surface area contributed by atoms with Gasteiger partial charge in [-0.25, -0.2) is 0 Å². The van der Waals surface area contributed by atoms with E-state index in [0.29, 0.717) is 5.75 Å². The number of hydrogen-bond donors (Lipinski definition) is 3. The van der Waals surface area contributed by atoms with E-state index in [1.54, 1.807) is 6.07 Å². The Hall–Kier alpha value is -1.22. The van der Waals surface area contributed by atoms with Crippen molar-refractivity contribution in [1.82, 2.24) is 0 Å². The average Bonchev–Trinajstić information content (AvgIpc) is 2.56. The smallest absolute Gasteiger partial charge is 0.195 e. The van der Waals surface area contributed by atoms with Crippen molar-refractivity contribution in [3.8, 4) is 5.75 Å². The lowest BCUT2D eigenvalue weighted by Gasteiger charge is -2.40. The molecule has 0 spiro atoms. The third-order valence-corrected chi connectivity index (χ3v) is 4.17. The van der Waals surface area contributed by atoms with E-state index >= 15 is 0 Å². The van der Waals surface area contributed by atoms with Crippen molar-refractivity contribution in [2.45, 2.75) is 30.7 Å². The van der Waals surface area contributed by atoms with Gasteiger partial charge in [-0.1, -0.05) is 36.4 Å². The standard InChI is InChI=1S/C16H17BrO6/c17-21-8-12-13(18)14(19)15(16(20)23-12)22-11-7-3-5-9-4-1-2-6-10(9)11/h1-7,12-16,18-20H,8H2/t12-,13+,14+,15-,16-/m1/s1. The Morgan fingerprint density at radius 3 is 2.52 bits per heavy atom. The summed E-state index contributed by atoms with van der Waals surface area (Å²) in [6.45, 7) is -0.0176. The Balaban J connectivity index is 1.84. The summed E-state index contributed by atoms with van der Waals surface area (Å²) in [5.41, 5.74) is 0. The van der Waals surface area contributed by atoms with Crippen LogP contribution in [0.15, 0.2) is 42.5 Å². The quantitative estimate of drug-likeness (QED) is 0.737. The van der Waals surface area contributed by atoms with Gasteiger partial charge >= 0.3 is 0 Å². The first kappa shape index (κ1) is 16.6. The zero-order chi connectivity index (χ0) is 16.4. The molecule has 0 unspecified atom stereocenters. The molecule has 1 aliphatic rings. The molecule has 5 atom stereocenters. The predicted molar refractivity (Wildman–Crippen MR) is 86.1 cm³/mol. The fourth-order valence-electron chi connectivity index (χ4n) is 2.69. The number of benzene rings is 2. The van der Waals surface area contributed by atoms with Crippen LogP contribution in [0.2, 0.25) is 0 Å². The van der Waals surface area contributed by atoms with Crippen molar-refractivity contribution in [2.24, 2.45) is 0 Å². The lowest BCUT2D eigenvalue weighted by molar-refractivity contribution is -0.278. The Kier molecular flexibility index (Phi) is 5.15. The summed E-state index contributed by atoms with van der Waals surface area (Å²) < 4.78 is 15.7. The highest BCUT2D eigenvalue weighted by atomic mass is 79.9. The molecule has 3 N–H and O–H groups in total. The summed E-state index contributed by atoms with van der Waals surface area (Å²) in [5, 5.41) is 32.2. The minimum atomic E-state index is -1.39. The maximum atomic E-state index is 10.3. The fraction of sp³-hybridized carbons (Fsp3) is 0.375. The predicted octanol–water partition coefficient (Wildman–Crippen LogP) is 1.35. The van der Waals surface area contributed by atoms with E-state index in [2.05, 4.69) is 16.3 Å². The van der Waals surface area contributed by atoms with Gasteiger partial charge in [0, 0.05) is 5.39 Å². The molecule has 3 rings (SSSR count). The van der Waals surface area contributed by atoms with Crippen LogP contribution in [-0.4, -0.2) is 52.6 Å². The van der Waals surface area contributed by atoms with E-state index in [4.69, 9.17) is 13.3 Å². The number of halogens is 1. The number of aliphatic hydroxyl groups is 3. The molecule has 0 amide bonds. The molecular weight excluding hydrogens is 368 g/mol. The first-order valence-electron chi connectivity index (χ1n) is 7.19. The summed E-state index contributed by atoms with van der Waals surface area (Å²) in [6.07, 6.45) is -5.91. The molecule has 1 saturated heterocycles. The lowest BCUT2D eigenvalue weighted by Crippen LogP contribution is -2.60. The van der Waals surface area contributed by atoms with Gasteiger partial charge in [-0.15, -0.1) is 0 Å². The second-order valence-corrected chi connectivity index (χ2v) is 5.84. The Morgan fingerprint density at radius 2 is 1.74 bits per heavy atom. The van der Waals surface area contributed by atoms with Crippen LogP contribution < -0.4 is 4.74 Å². The van der Waals surface area contributed by atoms with Crippen LogP contribution in [0, 0.1) is 0 Å². The minimum Gasteiger partial charge on any atom is -0.482 e. The molecule has 2 aromatic carbocycles. The summed E-state index contributed by atoms with van der Waals surface area (Å²) in [5.74, 6) is 0.497. The maximum absolute atomic E-state index is 10.3. The Labute approximate surface area is 141 Å². The van der Waals surface area contributed by atoms with E-state index in [0.717, 1.165) is 10.8 Å². The molecular formula is C16H17BrO6. The van der Waals surface area contributed by atoms with E-state index in [1.807, 2.05) is 36.4 Å². The highest BCUT2D eigenvalue weighted by Gasteiger charge is 2.45. The number of ether oxygens (including phenoxy) is 2. The summed E-state index contributed by atoms with van der Waals surface area (Å²) in [6, 6.07) is 13.1. The zero-order valence-electron chi connectivity index (χ0n) is 12.1. The van der Waals surface area contributed by atoms with Crippen LogP contribution in [0.25, 0.3) is 10.8 Å². The van der Waals surface area contributed by atoms with Crippen molar-refractivity contribution >= 4 is 27.0 Å². The highest BCUT2D eigenvalue weighted by Crippen LogP contribution is 2.30. The van der Waals surface area contributed by atoms with Crippen LogP contribution >= 0.6 is 16.3 Å². The Morgan fingerprint density at radius 1 is 1.00 bits per heavy atom. The van der Waals surface area contributed by atoms with Gasteiger partial charge in [0.15, 0.2) is 12.4 Å². The van der Waals surface area contributed by atoms with Crippen LogP contribution in [0.3, 0.4) is 0 Å². The number of rotatable bonds is 4. The SMILES string of the molecule is O[C@@H]1[C@H](O)[C@@H](Oc2cccc3ccccc23)[C@H](O)O[C@@H]1COBr. The van der Waals surface area contributed by atoms with Gasteiger partial charge in [0.05, 0.1) is 22.9 Å². The van der Waals surface area contributed by atoms with Crippen LogP contribution in [0.5, 0.6) is 5.75 Å². The number of aliphatic hydroxyl groups excluding tert-OH is 3. The highest BCUT2D eigenvalue weighted by molar-refractivity contribution is 9.06. The van der Waals surface area contributed by atoms with Gasteiger partial charge in [-0.2, -0.15) is 0 Å². The minimum absolute atomic E-state index is 0.0176. The molecule has 1 aliphatic heterocycles. The van der Waals surface area contributed by atoms with Crippen molar-refractivity contribution in [2.75, 3.05) is 6.61 Å². The molecule has 0 aliphatic carbocycles. The first-order chi connectivity index (χ1) is 11.1. The molecule has 23 heavy (non-hydrogen) atoms. The van der Waals surface area contributed by atoms with E-state index < -0.39 is 30.7 Å². The summed E-state index contributed by atoms with van der Waals surface area (Å²) in [4.78, 5) is 0. The van der Waals surface area contributed by atoms with Crippen LogP contribution in [0.1, 0.15) is 0 Å². The topological polar surface area (TPSA) is 88.4 Å². The zero-order valence-corrected chi connectivity index (χ0v) is 13.7. The second kappa shape index (κ2) is 7.12. The average molecular weight is 385 g/mol. The van der Waals surface area contributed by atoms with Gasteiger partial charge in [0.25, 0.3) is 0 Å². The normalized spacial score (nSPS) is 31.2. The van der Waals surface area contributed by atoms with Gasteiger partial charge in [-0.3, -0.25) is 0 Å². The lowest BCUT2D eigenvalue weighted by atomic mass is 9.99. The molecule has 6 nitrogen and oxygen atoms in total. The first-order valence-corrected chi connectivity index (χ1v) is 7.84. The molecule has 0 saturated carbocycles. The summed E-state index contributed by atoms with van der Waals surface area (Å²) in [7, 11) is 0. The second-order valence-electron chi connectivity index (χ2n) is 5.38. The maximum Gasteiger partial charge on any atom is 0.195 e. The third-order valence-electron chi connectivity index (χ3n) is 3.90. The van der Waals surface area contributed by atoms with E-state index in [-0.39, 0.29) is 6.61 Å². The van der Waals surface area contributed by atoms with Gasteiger partial charge in [-0.05, 0) is 11.5 Å². The van der Waals surface area contributed by atoms with Crippen molar-refractivity contribution in [1.29, 1.82) is 0 Å². The largest absolute Gasteiger partial charge is 0.482 e. The molecule has 0 radical (unpaired) electrons. The van der Waals surface area contributed by atoms with E-state index in [1.165, 1.54) is 0 Å². The van der Waals surface area contributed by atoms with E-state index in [9.17, 15) is 15.3 Å². The number of hydrogen-bond acceptors (Lipinski definition) is 6.